The first-order valence-corrected chi connectivity index (χ1v) is 16.4. The van der Waals surface area contributed by atoms with Gasteiger partial charge in [-0.15, -0.1) is 0 Å². The second-order valence-corrected chi connectivity index (χ2v) is 14.1. The predicted octanol–water partition coefficient (Wildman–Crippen LogP) is 7.51. The van der Waals surface area contributed by atoms with Crippen LogP contribution in [0.1, 0.15) is 90.0 Å². The average Bonchev–Trinajstić information content (AvgIpc) is 3.31. The Kier molecular flexibility index (Phi) is 8.29. The number of halogens is 3. The van der Waals surface area contributed by atoms with Crippen LogP contribution in [-0.4, -0.2) is 43.4 Å². The number of hydrogen-bond acceptors (Lipinski definition) is 5. The molecule has 240 valence electrons. The van der Waals surface area contributed by atoms with Crippen LogP contribution in [0.15, 0.2) is 47.1 Å². The lowest BCUT2D eigenvalue weighted by Crippen LogP contribution is -2.52. The van der Waals surface area contributed by atoms with Gasteiger partial charge in [-0.25, -0.2) is 0 Å². The molecular weight excluding hydrogens is 579 g/mol. The summed E-state index contributed by atoms with van der Waals surface area (Å²) >= 11 is 0. The number of benzene rings is 1. The molecule has 0 bridgehead atoms. The van der Waals surface area contributed by atoms with E-state index < -0.39 is 35.4 Å². The van der Waals surface area contributed by atoms with E-state index in [4.69, 9.17) is 4.74 Å². The van der Waals surface area contributed by atoms with Gasteiger partial charge in [-0.2, -0.15) is 13.2 Å². The Morgan fingerprint density at radius 3 is 2.47 bits per heavy atom. The molecule has 2 unspecified atom stereocenters. The van der Waals surface area contributed by atoms with Gasteiger partial charge < -0.3 is 9.64 Å². The minimum atomic E-state index is -4.76. The van der Waals surface area contributed by atoms with Crippen molar-refractivity contribution in [3.8, 4) is 11.8 Å². The second-order valence-electron chi connectivity index (χ2n) is 14.1. The van der Waals surface area contributed by atoms with Crippen molar-refractivity contribution in [2.45, 2.75) is 90.7 Å². The number of piperidine rings is 1. The maximum Gasteiger partial charge on any atom is 0.457 e. The molecular formula is C37H42F3NO4. The van der Waals surface area contributed by atoms with Gasteiger partial charge in [0.2, 0.25) is 0 Å². The van der Waals surface area contributed by atoms with Gasteiger partial charge in [0.05, 0.1) is 5.41 Å². The number of allylic oxidation sites excluding steroid dienone is 4. The lowest BCUT2D eigenvalue weighted by molar-refractivity contribution is -0.150. The molecule has 0 aromatic heterocycles. The smallest absolute Gasteiger partial charge is 0.457 e. The van der Waals surface area contributed by atoms with Gasteiger partial charge in [0.1, 0.15) is 0 Å². The molecule has 1 heterocycles. The second kappa shape index (κ2) is 11.8. The number of anilines is 1. The van der Waals surface area contributed by atoms with Crippen LogP contribution in [0.4, 0.5) is 18.9 Å². The average molecular weight is 622 g/mol. The van der Waals surface area contributed by atoms with E-state index in [1.165, 1.54) is 30.4 Å². The lowest BCUT2D eigenvalue weighted by atomic mass is 9.47. The molecule has 5 aliphatic rings. The van der Waals surface area contributed by atoms with E-state index in [2.05, 4.69) is 42.0 Å². The van der Waals surface area contributed by atoms with Crippen LogP contribution in [0.25, 0.3) is 0 Å². The number of Topliss-reactive ketones (excluding diaryl/α,β-unsaturated/α-hetero) is 1. The molecule has 0 spiro atoms. The molecule has 3 fully saturated rings. The molecule has 2 saturated carbocycles. The molecule has 6 rings (SSSR count). The van der Waals surface area contributed by atoms with Gasteiger partial charge in [0, 0.05) is 44.0 Å². The number of fused-ring (bicyclic) bond motifs is 4. The minimum Gasteiger partial charge on any atom is -0.458 e. The van der Waals surface area contributed by atoms with Gasteiger partial charge in [0.15, 0.2) is 18.2 Å². The van der Waals surface area contributed by atoms with Crippen LogP contribution < -0.4 is 4.90 Å². The van der Waals surface area contributed by atoms with Crippen molar-refractivity contribution in [1.29, 1.82) is 0 Å². The fourth-order valence-corrected chi connectivity index (χ4v) is 9.55. The molecule has 1 aromatic rings. The monoisotopic (exact) mass is 621 g/mol. The third-order valence-corrected chi connectivity index (χ3v) is 11.6. The maximum atomic E-state index is 14.0. The van der Waals surface area contributed by atoms with E-state index in [0.29, 0.717) is 25.7 Å². The molecule has 8 heteroatoms. The van der Waals surface area contributed by atoms with Crippen molar-refractivity contribution in [3.63, 3.8) is 0 Å². The van der Waals surface area contributed by atoms with Crippen LogP contribution >= 0.6 is 0 Å². The van der Waals surface area contributed by atoms with Crippen molar-refractivity contribution in [2.75, 3.05) is 24.6 Å². The summed E-state index contributed by atoms with van der Waals surface area (Å²) in [7, 11) is 0. The van der Waals surface area contributed by atoms with Crippen LogP contribution in [0.5, 0.6) is 0 Å². The van der Waals surface area contributed by atoms with Crippen LogP contribution in [0, 0.1) is 40.4 Å². The predicted molar refractivity (Wildman–Crippen MR) is 165 cm³/mol. The first kappa shape index (κ1) is 31.6. The highest BCUT2D eigenvalue weighted by Crippen LogP contribution is 2.70. The summed E-state index contributed by atoms with van der Waals surface area (Å²) in [5, 5.41) is 0. The summed E-state index contributed by atoms with van der Waals surface area (Å²) in [6.45, 7) is 6.72. The van der Waals surface area contributed by atoms with Crippen LogP contribution in [0.3, 0.4) is 0 Å². The standard InChI is InChI=1S/C37H42F3NO4/c1-23-19-30-32-13-14-36(15-16-37(38,39)40,33(44)22-45-24(2)42)35(32,3)21-31(34(30)28-12-11-27(43)20-29(23)28)25-7-9-26(10-8-25)41-17-5-4-6-18-41/h7-10,20,23,30-32H,4-6,11-14,17-19,21-22H2,1-3H3/t23?,30-,31?,32-,35-,36-/m0/s1. The Labute approximate surface area is 263 Å². The van der Waals surface area contributed by atoms with E-state index in [9.17, 15) is 27.6 Å². The molecule has 1 aromatic carbocycles. The summed E-state index contributed by atoms with van der Waals surface area (Å²) in [6, 6.07) is 8.60. The SMILES string of the molecule is CC(=O)OCC(=O)[C@@]1(C#CC(F)(F)F)CC[C@H]2[C@@H]3CC(C)C4=CC(=O)CCC4=C3C(c3ccc(N4CCCCC4)cc3)C[C@@]21C. The zero-order valence-corrected chi connectivity index (χ0v) is 26.4. The third-order valence-electron chi connectivity index (χ3n) is 11.6. The molecule has 0 N–H and O–H groups in total. The minimum absolute atomic E-state index is 0.0435. The number of ether oxygens (including phenoxy) is 1. The summed E-state index contributed by atoms with van der Waals surface area (Å²) in [6.07, 6.45) is 3.69. The van der Waals surface area contributed by atoms with Crippen molar-refractivity contribution < 1.29 is 32.3 Å². The summed E-state index contributed by atoms with van der Waals surface area (Å²) in [5.74, 6) is 2.86. The van der Waals surface area contributed by atoms with Crippen molar-refractivity contribution >= 4 is 23.2 Å². The Balaban J connectivity index is 1.49. The van der Waals surface area contributed by atoms with E-state index in [1.54, 1.807) is 0 Å². The number of carbonyl (C=O) groups excluding carboxylic acids is 3. The van der Waals surface area contributed by atoms with Crippen LogP contribution in [0.2, 0.25) is 0 Å². The highest BCUT2D eigenvalue weighted by molar-refractivity contribution is 5.93. The molecule has 5 nitrogen and oxygen atoms in total. The topological polar surface area (TPSA) is 63.7 Å². The fraction of sp³-hybridized carbons (Fsp3) is 0.595. The molecule has 1 aliphatic heterocycles. The highest BCUT2D eigenvalue weighted by atomic mass is 19.4. The highest BCUT2D eigenvalue weighted by Gasteiger charge is 2.66. The van der Waals surface area contributed by atoms with Crippen molar-refractivity contribution in [3.05, 3.63) is 52.6 Å². The largest absolute Gasteiger partial charge is 0.458 e. The van der Waals surface area contributed by atoms with Gasteiger partial charge in [-0.3, -0.25) is 14.4 Å². The zero-order chi connectivity index (χ0) is 32.1. The lowest BCUT2D eigenvalue weighted by Gasteiger charge is -2.55. The summed E-state index contributed by atoms with van der Waals surface area (Å²) in [4.78, 5) is 40.6. The number of alkyl halides is 3. The number of esters is 1. The van der Waals surface area contributed by atoms with E-state index in [-0.39, 0.29) is 35.9 Å². The normalized spacial score (nSPS) is 32.9. The first-order valence-electron chi connectivity index (χ1n) is 16.4. The summed E-state index contributed by atoms with van der Waals surface area (Å²) in [5.41, 5.74) is 3.37. The first-order chi connectivity index (χ1) is 21.3. The van der Waals surface area contributed by atoms with Gasteiger partial charge in [-0.1, -0.05) is 37.5 Å². The van der Waals surface area contributed by atoms with E-state index in [1.807, 2.05) is 13.0 Å². The van der Waals surface area contributed by atoms with Gasteiger partial charge >= 0.3 is 12.1 Å². The van der Waals surface area contributed by atoms with Gasteiger partial charge in [0.25, 0.3) is 0 Å². The number of carbonyl (C=O) groups is 3. The molecule has 6 atom stereocenters. The Hall–Kier alpha value is -3.34. The molecule has 0 amide bonds. The van der Waals surface area contributed by atoms with E-state index in [0.717, 1.165) is 49.2 Å². The van der Waals surface area contributed by atoms with Crippen LogP contribution in [-0.2, 0) is 19.1 Å². The van der Waals surface area contributed by atoms with Crippen molar-refractivity contribution in [1.82, 2.24) is 0 Å². The number of rotatable bonds is 5. The number of hydrogen-bond donors (Lipinski definition) is 0. The Bertz CT molecular complexity index is 1510. The molecule has 4 aliphatic carbocycles. The molecule has 0 radical (unpaired) electrons. The number of nitrogens with zero attached hydrogens (tertiary/aromatic N) is 1. The maximum absolute atomic E-state index is 14.0. The van der Waals surface area contributed by atoms with Crippen molar-refractivity contribution in [2.24, 2.45) is 28.6 Å². The Morgan fingerprint density at radius 1 is 1.09 bits per heavy atom. The summed E-state index contributed by atoms with van der Waals surface area (Å²) < 4.78 is 46.1. The third kappa shape index (κ3) is 5.66. The molecule has 1 saturated heterocycles. The Morgan fingerprint density at radius 2 is 1.80 bits per heavy atom. The quantitative estimate of drug-likeness (QED) is 0.252. The molecule has 45 heavy (non-hydrogen) atoms. The van der Waals surface area contributed by atoms with E-state index >= 15 is 0 Å². The number of ketones is 2. The van der Waals surface area contributed by atoms with Gasteiger partial charge in [-0.05, 0) is 109 Å². The zero-order valence-electron chi connectivity index (χ0n) is 26.4. The fourth-order valence-electron chi connectivity index (χ4n) is 9.55.